The third-order valence-electron chi connectivity index (χ3n) is 6.33. The van der Waals surface area contributed by atoms with Gasteiger partial charge in [-0.25, -0.2) is 4.39 Å². The van der Waals surface area contributed by atoms with Crippen LogP contribution in [0, 0.1) is 6.92 Å². The molecule has 1 unspecified atom stereocenters. The van der Waals surface area contributed by atoms with Crippen LogP contribution < -0.4 is 14.9 Å². The van der Waals surface area contributed by atoms with Gasteiger partial charge in [-0.15, -0.1) is 0 Å². The van der Waals surface area contributed by atoms with E-state index in [-0.39, 0.29) is 18.6 Å². The predicted molar refractivity (Wildman–Crippen MR) is 127 cm³/mol. The van der Waals surface area contributed by atoms with Crippen LogP contribution in [0.25, 0.3) is 11.3 Å². The predicted octanol–water partition coefficient (Wildman–Crippen LogP) is -1.57. The van der Waals surface area contributed by atoms with Gasteiger partial charge in [0.05, 0.1) is 30.9 Å². The number of nitrogens with zero attached hydrogens (tertiary/aromatic N) is 1. The van der Waals surface area contributed by atoms with Gasteiger partial charge in [0.25, 0.3) is 0 Å². The molecule has 174 valence electrons. The number of pyridine rings is 1. The summed E-state index contributed by atoms with van der Waals surface area (Å²) in [5, 5.41) is 18.8. The highest BCUT2D eigenvalue weighted by atomic mass is 19.2. The van der Waals surface area contributed by atoms with E-state index in [1.807, 2.05) is 0 Å². The zero-order chi connectivity index (χ0) is 24.0. The summed E-state index contributed by atoms with van der Waals surface area (Å²) >= 11 is 0. The average Bonchev–Trinajstić information content (AvgIpc) is 2.76. The molecule has 0 amide bonds. The van der Waals surface area contributed by atoms with Gasteiger partial charge in [0.2, 0.25) is 17.1 Å². The number of fused-ring (bicyclic) bond motifs is 3. The summed E-state index contributed by atoms with van der Waals surface area (Å²) in [4.78, 5) is 12.8. The summed E-state index contributed by atoms with van der Waals surface area (Å²) in [6.45, 7) is 3.66. The molecule has 1 aromatic heterocycles. The first kappa shape index (κ1) is 23.7. The van der Waals surface area contributed by atoms with Gasteiger partial charge in [0.15, 0.2) is 29.3 Å². The number of aliphatic hydroxyl groups is 1. The van der Waals surface area contributed by atoms with Crippen LogP contribution >= 0.6 is 0 Å². The topological polar surface area (TPSA) is 99.4 Å². The molecule has 3 heterocycles. The molecule has 2 N–H and O–H groups in total. The molecule has 0 bridgehead atoms. The van der Waals surface area contributed by atoms with Crippen LogP contribution in [0.4, 0.5) is 4.39 Å². The maximum Gasteiger partial charge on any atom is 0.241 e. The number of aryl methyl sites for hydroxylation is 1. The van der Waals surface area contributed by atoms with E-state index in [1.165, 1.54) is 15.7 Å². The van der Waals surface area contributed by atoms with Gasteiger partial charge in [0, 0.05) is 17.7 Å². The molecule has 1 fully saturated rings. The van der Waals surface area contributed by atoms with Crippen LogP contribution in [0.1, 0.15) is 11.1 Å². The highest BCUT2D eigenvalue weighted by molar-refractivity contribution is 6.43. The maximum absolute atomic E-state index is 14.1. The molecular weight excluding hydrogens is 430 g/mol. The van der Waals surface area contributed by atoms with Gasteiger partial charge < -0.3 is 33.7 Å². The van der Waals surface area contributed by atoms with Crippen LogP contribution in [0.5, 0.6) is 17.4 Å². The van der Waals surface area contributed by atoms with E-state index in [9.17, 15) is 19.4 Å². The third-order valence-corrected chi connectivity index (χ3v) is 6.33. The fraction of sp³-hybridized carbons (Fsp3) is 0.476. The van der Waals surface area contributed by atoms with Crippen molar-refractivity contribution in [2.24, 2.45) is 0 Å². The van der Waals surface area contributed by atoms with E-state index in [1.54, 1.807) is 29.7 Å². The highest BCUT2D eigenvalue weighted by Gasteiger charge is 2.41. The van der Waals surface area contributed by atoms with Crippen molar-refractivity contribution >= 4 is 23.5 Å². The molecule has 2 atom stereocenters. The Kier molecular flexibility index (Phi) is 6.28. The lowest BCUT2D eigenvalue weighted by Gasteiger charge is -2.35. The highest BCUT2D eigenvalue weighted by Crippen LogP contribution is 2.39. The van der Waals surface area contributed by atoms with Gasteiger partial charge in [-0.2, -0.15) is 0 Å². The van der Waals surface area contributed by atoms with Crippen molar-refractivity contribution in [3.05, 3.63) is 39.5 Å². The molecule has 2 aliphatic rings. The standard InChI is InChI=1S/C21H27B3FNO7/c1-11-16-15-3-2-13(33-20(22,23)21(24,25)29)8-12(15)4-5-26(16)19(18(28)17(11)27)32-10-14-9-30-6-7-31-14/h2-3,8,14,28-29H,4-7,9-10,22-24H2,1H3/t14-,21?/m0/s1. The van der Waals surface area contributed by atoms with Crippen molar-refractivity contribution in [2.45, 2.75) is 37.1 Å². The molecule has 0 saturated carbocycles. The number of hydrogen-bond acceptors (Lipinski definition) is 7. The first-order valence-electron chi connectivity index (χ1n) is 11.0. The summed E-state index contributed by atoms with van der Waals surface area (Å²) in [5.41, 5.74) is 2.26. The second-order valence-electron chi connectivity index (χ2n) is 9.12. The van der Waals surface area contributed by atoms with Crippen molar-refractivity contribution in [3.8, 4) is 28.6 Å². The molecule has 1 aromatic carbocycles. The number of aromatic hydroxyl groups is 1. The SMILES string of the molecule is BC(O)(F)C(B)(B)Oc1ccc2c(c1)CCn1c(OC[C@@H]3COCCO3)c(O)c(=O)c(C)c1-2. The number of benzene rings is 1. The lowest BCUT2D eigenvalue weighted by molar-refractivity contribution is -0.102. The number of aromatic nitrogens is 1. The Hall–Kier alpha value is -2.43. The van der Waals surface area contributed by atoms with Crippen molar-refractivity contribution < 1.29 is 33.6 Å². The number of alkyl halides is 1. The molecule has 0 spiro atoms. The van der Waals surface area contributed by atoms with Gasteiger partial charge in [-0.1, -0.05) is 0 Å². The van der Waals surface area contributed by atoms with Gasteiger partial charge >= 0.3 is 0 Å². The number of halogens is 1. The minimum Gasteiger partial charge on any atom is -0.501 e. The summed E-state index contributed by atoms with van der Waals surface area (Å²) in [6.07, 6.45) is 0.296. The smallest absolute Gasteiger partial charge is 0.241 e. The lowest BCUT2D eigenvalue weighted by Crippen LogP contribution is -2.57. The third kappa shape index (κ3) is 4.51. The Morgan fingerprint density at radius 3 is 2.73 bits per heavy atom. The lowest BCUT2D eigenvalue weighted by atomic mass is 9.55. The summed E-state index contributed by atoms with van der Waals surface area (Å²) < 4.78 is 38.5. The number of hydrogen-bond donors (Lipinski definition) is 2. The molecule has 8 nitrogen and oxygen atoms in total. The van der Waals surface area contributed by atoms with Crippen LogP contribution in [0.15, 0.2) is 23.0 Å². The van der Waals surface area contributed by atoms with Crippen molar-refractivity contribution in [3.63, 3.8) is 0 Å². The maximum atomic E-state index is 14.1. The second kappa shape index (κ2) is 8.74. The molecule has 4 rings (SSSR count). The Balaban J connectivity index is 1.69. The van der Waals surface area contributed by atoms with Gasteiger partial charge in [-0.05, 0) is 37.1 Å². The molecule has 2 aliphatic heterocycles. The van der Waals surface area contributed by atoms with E-state index < -0.39 is 22.3 Å². The van der Waals surface area contributed by atoms with E-state index in [2.05, 4.69) is 0 Å². The van der Waals surface area contributed by atoms with Gasteiger partial charge in [-0.3, -0.25) is 4.79 Å². The van der Waals surface area contributed by atoms with E-state index in [0.29, 0.717) is 49.8 Å². The summed E-state index contributed by atoms with van der Waals surface area (Å²) in [5.74, 6) is -2.44. The Bertz CT molecular complexity index is 1110. The molecule has 0 radical (unpaired) electrons. The van der Waals surface area contributed by atoms with Crippen LogP contribution in [-0.2, 0) is 22.4 Å². The molecule has 12 heteroatoms. The largest absolute Gasteiger partial charge is 0.501 e. The Morgan fingerprint density at radius 2 is 2.06 bits per heavy atom. The minimum absolute atomic E-state index is 0.107. The monoisotopic (exact) mass is 457 g/mol. The molecule has 33 heavy (non-hydrogen) atoms. The average molecular weight is 457 g/mol. The molecule has 2 aromatic rings. The fourth-order valence-electron chi connectivity index (χ4n) is 4.02. The van der Waals surface area contributed by atoms with Crippen LogP contribution in [0.2, 0.25) is 0 Å². The van der Waals surface area contributed by atoms with E-state index in [4.69, 9.17) is 18.9 Å². The van der Waals surface area contributed by atoms with Crippen molar-refractivity contribution in [1.29, 1.82) is 0 Å². The Labute approximate surface area is 193 Å². The first-order valence-corrected chi connectivity index (χ1v) is 11.0. The summed E-state index contributed by atoms with van der Waals surface area (Å²) in [7, 11) is 3.99. The zero-order valence-corrected chi connectivity index (χ0v) is 19.3. The van der Waals surface area contributed by atoms with Gasteiger partial charge in [0.1, 0.15) is 18.5 Å². The number of ether oxygens (including phenoxy) is 4. The Morgan fingerprint density at radius 1 is 1.30 bits per heavy atom. The fourth-order valence-corrected chi connectivity index (χ4v) is 4.02. The van der Waals surface area contributed by atoms with Crippen molar-refractivity contribution in [2.75, 3.05) is 26.4 Å². The van der Waals surface area contributed by atoms with Crippen LogP contribution in [0.3, 0.4) is 0 Å². The minimum atomic E-state index is -2.53. The zero-order valence-electron chi connectivity index (χ0n) is 19.3. The molecule has 1 saturated heterocycles. The quantitative estimate of drug-likeness (QED) is 0.506. The van der Waals surface area contributed by atoms with E-state index >= 15 is 0 Å². The second-order valence-corrected chi connectivity index (χ2v) is 9.12. The molecule has 0 aliphatic carbocycles. The van der Waals surface area contributed by atoms with E-state index in [0.717, 1.165) is 19.0 Å². The summed E-state index contributed by atoms with van der Waals surface area (Å²) in [6, 6.07) is 5.26. The van der Waals surface area contributed by atoms with Crippen LogP contribution in [-0.4, -0.2) is 82.0 Å². The normalized spacial score (nSPS) is 19.8. The van der Waals surface area contributed by atoms with Crippen molar-refractivity contribution in [1.82, 2.24) is 4.57 Å². The first-order chi connectivity index (χ1) is 15.5. The molecular formula is C21H27B3FNO7. The number of rotatable bonds is 6.